The molecule has 0 aliphatic heterocycles. The number of nitrogens with zero attached hydrogens (tertiary/aromatic N) is 4. The van der Waals surface area contributed by atoms with Gasteiger partial charge in [0.05, 0.1) is 0 Å². The number of rotatable bonds is 2. The summed E-state index contributed by atoms with van der Waals surface area (Å²) in [5.41, 5.74) is 2.57. The second-order valence-electron chi connectivity index (χ2n) is 5.85. The molecule has 4 aromatic rings. The Morgan fingerprint density at radius 1 is 1.12 bits per heavy atom. The topological polar surface area (TPSA) is 26.1 Å². The Hall–Kier alpha value is -2.88. The predicted octanol–water partition coefficient (Wildman–Crippen LogP) is 3.45. The Bertz CT molecular complexity index is 1250. The summed E-state index contributed by atoms with van der Waals surface area (Å²) in [5.74, 6) is 0.745. The average Bonchev–Trinajstić information content (AvgIpc) is 3.23. The van der Waals surface area contributed by atoms with Crippen LogP contribution in [-0.2, 0) is 14.1 Å². The number of benzene rings is 1. The molecule has 0 radical (unpaired) electrons. The van der Waals surface area contributed by atoms with Gasteiger partial charge in [-0.15, -0.1) is 0 Å². The van der Waals surface area contributed by atoms with Crippen LogP contribution < -0.4 is 4.57 Å². The molecule has 4 rings (SSSR count). The third-order valence-electron chi connectivity index (χ3n) is 4.32. The van der Waals surface area contributed by atoms with Crippen LogP contribution in [0.15, 0.2) is 55.1 Å². The predicted molar refractivity (Wildman–Crippen MR) is 95.7 cm³/mol. The number of hydrogen-bond acceptors (Lipinski definition) is 1. The van der Waals surface area contributed by atoms with Crippen LogP contribution in [0, 0.1) is 13.7 Å². The fourth-order valence-electron chi connectivity index (χ4n) is 3.07. The van der Waals surface area contributed by atoms with Gasteiger partial charge in [0.1, 0.15) is 12.7 Å². The molecule has 0 bridgehead atoms. The molecule has 0 atom stereocenters. The van der Waals surface area contributed by atoms with E-state index in [9.17, 15) is 0 Å². The summed E-state index contributed by atoms with van der Waals surface area (Å²) in [4.78, 5) is 4.33. The standard InChI is InChI=1S/C20H21N4/c1-14-7-5-6-8-16(14)17-11-18(22(3)12-15(17)2)19-13-24-10-9-21-20(24)23(19)4/h5-13H,1-4H3/q+1/i1D3,2D3. The minimum Gasteiger partial charge on any atom is -0.308 e. The van der Waals surface area contributed by atoms with E-state index in [1.165, 1.54) is 6.07 Å². The number of pyridine rings is 1. The fraction of sp³-hybridized carbons (Fsp3) is 0.200. The van der Waals surface area contributed by atoms with E-state index in [-0.39, 0.29) is 11.1 Å². The molecule has 0 saturated heterocycles. The van der Waals surface area contributed by atoms with E-state index in [0.717, 1.165) is 17.2 Å². The van der Waals surface area contributed by atoms with Gasteiger partial charge in [0.15, 0.2) is 6.20 Å². The molecule has 24 heavy (non-hydrogen) atoms. The van der Waals surface area contributed by atoms with Crippen molar-refractivity contribution in [3.05, 3.63) is 66.2 Å². The first kappa shape index (κ1) is 9.42. The van der Waals surface area contributed by atoms with Gasteiger partial charge in [0.25, 0.3) is 0 Å². The van der Waals surface area contributed by atoms with Gasteiger partial charge in [-0.1, -0.05) is 24.3 Å². The van der Waals surface area contributed by atoms with Gasteiger partial charge >= 0.3 is 0 Å². The van der Waals surface area contributed by atoms with Gasteiger partial charge in [-0.25, -0.2) is 4.98 Å². The summed E-state index contributed by atoms with van der Waals surface area (Å²) in [5, 5.41) is 0. The van der Waals surface area contributed by atoms with Crippen molar-refractivity contribution in [3.63, 3.8) is 0 Å². The van der Waals surface area contributed by atoms with E-state index in [2.05, 4.69) is 4.98 Å². The van der Waals surface area contributed by atoms with Gasteiger partial charge in [-0.2, -0.15) is 4.57 Å². The highest BCUT2D eigenvalue weighted by atomic mass is 15.2. The zero-order valence-corrected chi connectivity index (χ0v) is 13.5. The van der Waals surface area contributed by atoms with E-state index < -0.39 is 13.7 Å². The summed E-state index contributed by atoms with van der Waals surface area (Å²) in [7, 11) is 3.66. The number of imidazole rings is 2. The molecule has 4 nitrogen and oxygen atoms in total. The Morgan fingerprint density at radius 2 is 1.96 bits per heavy atom. The van der Waals surface area contributed by atoms with Crippen LogP contribution in [0.25, 0.3) is 28.3 Å². The van der Waals surface area contributed by atoms with E-state index >= 15 is 0 Å². The van der Waals surface area contributed by atoms with Crippen LogP contribution in [0.2, 0.25) is 0 Å². The number of aryl methyl sites for hydroxylation is 4. The van der Waals surface area contributed by atoms with Crippen molar-refractivity contribution in [1.82, 2.24) is 14.0 Å². The van der Waals surface area contributed by atoms with E-state index in [4.69, 9.17) is 8.22 Å². The zero-order chi connectivity index (χ0) is 21.8. The Kier molecular flexibility index (Phi) is 2.10. The largest absolute Gasteiger partial charge is 0.308 e. The van der Waals surface area contributed by atoms with Gasteiger partial charge in [0.2, 0.25) is 11.5 Å². The Labute approximate surface area is 150 Å². The first-order valence-electron chi connectivity index (χ1n) is 10.6. The highest BCUT2D eigenvalue weighted by molar-refractivity contribution is 5.73. The summed E-state index contributed by atoms with van der Waals surface area (Å²) >= 11 is 0. The van der Waals surface area contributed by atoms with Crippen molar-refractivity contribution >= 4 is 5.78 Å². The minimum atomic E-state index is -2.41. The molecule has 0 saturated carbocycles. The highest BCUT2D eigenvalue weighted by Gasteiger charge is 2.20. The van der Waals surface area contributed by atoms with Crippen LogP contribution in [0.5, 0.6) is 0 Å². The lowest BCUT2D eigenvalue weighted by Crippen LogP contribution is -2.32. The van der Waals surface area contributed by atoms with Crippen LogP contribution >= 0.6 is 0 Å². The van der Waals surface area contributed by atoms with E-state index in [0.29, 0.717) is 11.1 Å². The molecule has 1 aromatic carbocycles. The van der Waals surface area contributed by atoms with Crippen molar-refractivity contribution < 1.29 is 12.8 Å². The van der Waals surface area contributed by atoms with Gasteiger partial charge in [-0.3, -0.25) is 4.40 Å². The van der Waals surface area contributed by atoms with Gasteiger partial charge in [-0.05, 0) is 30.4 Å². The third-order valence-corrected chi connectivity index (χ3v) is 4.32. The van der Waals surface area contributed by atoms with Crippen LogP contribution in [0.3, 0.4) is 0 Å². The molecule has 0 spiro atoms. The molecule has 4 heteroatoms. The maximum absolute atomic E-state index is 8.03. The molecule has 0 aliphatic rings. The smallest absolute Gasteiger partial charge is 0.231 e. The molecule has 0 N–H and O–H groups in total. The molecule has 0 fully saturated rings. The van der Waals surface area contributed by atoms with Crippen molar-refractivity contribution in [2.45, 2.75) is 13.7 Å². The lowest BCUT2D eigenvalue weighted by molar-refractivity contribution is -0.660. The molecule has 3 heterocycles. The summed E-state index contributed by atoms with van der Waals surface area (Å²) < 4.78 is 53.3. The average molecular weight is 323 g/mol. The second kappa shape index (κ2) is 5.34. The first-order valence-corrected chi connectivity index (χ1v) is 7.61. The SMILES string of the molecule is [2H]C([2H])([2H])c1ccccc1-c1cc(-c2cn3ccnc3n2C)[n+](C)cc1C([2H])([2H])[2H]. The Morgan fingerprint density at radius 3 is 2.75 bits per heavy atom. The second-order valence-corrected chi connectivity index (χ2v) is 5.85. The molecule has 3 aromatic heterocycles. The molecule has 0 aliphatic carbocycles. The normalized spacial score (nSPS) is 16.1. The van der Waals surface area contributed by atoms with E-state index in [1.807, 2.05) is 28.4 Å². The number of aromatic nitrogens is 4. The fourth-order valence-corrected chi connectivity index (χ4v) is 3.07. The first-order chi connectivity index (χ1) is 14.0. The highest BCUT2D eigenvalue weighted by Crippen LogP contribution is 2.29. The molecule has 0 unspecified atom stereocenters. The lowest BCUT2D eigenvalue weighted by atomic mass is 9.97. The van der Waals surface area contributed by atoms with Crippen molar-refractivity contribution in [2.24, 2.45) is 14.1 Å². The summed E-state index contributed by atoms with van der Waals surface area (Å²) in [6, 6.07) is 8.30. The van der Waals surface area contributed by atoms with Crippen LogP contribution in [0.1, 0.15) is 19.4 Å². The summed E-state index contributed by atoms with van der Waals surface area (Å²) in [6.07, 6.45) is 7.01. The monoisotopic (exact) mass is 323 g/mol. The maximum Gasteiger partial charge on any atom is 0.231 e. The van der Waals surface area contributed by atoms with Crippen molar-refractivity contribution in [2.75, 3.05) is 0 Å². The minimum absolute atomic E-state index is 0.101. The van der Waals surface area contributed by atoms with Crippen LogP contribution in [-0.4, -0.2) is 14.0 Å². The molecular weight excluding hydrogens is 296 g/mol. The van der Waals surface area contributed by atoms with E-state index in [1.54, 1.807) is 48.3 Å². The zero-order valence-electron chi connectivity index (χ0n) is 19.5. The Balaban J connectivity index is 2.04. The van der Waals surface area contributed by atoms with Crippen molar-refractivity contribution in [3.8, 4) is 22.5 Å². The van der Waals surface area contributed by atoms with Crippen LogP contribution in [0.4, 0.5) is 0 Å². The lowest BCUT2D eigenvalue weighted by Gasteiger charge is -2.10. The maximum atomic E-state index is 8.03. The van der Waals surface area contributed by atoms with Gasteiger partial charge < -0.3 is 4.57 Å². The third kappa shape index (κ3) is 2.14. The quantitative estimate of drug-likeness (QED) is 0.519. The molecule has 0 amide bonds. The summed E-state index contributed by atoms with van der Waals surface area (Å²) in [6.45, 7) is -4.78. The van der Waals surface area contributed by atoms with Crippen molar-refractivity contribution in [1.29, 1.82) is 0 Å². The number of fused-ring (bicyclic) bond motifs is 1. The van der Waals surface area contributed by atoms with Gasteiger partial charge in [0, 0.05) is 45.5 Å². The molecule has 120 valence electrons. The molecular formula is C20H21N4+. The number of hydrogen-bond donors (Lipinski definition) is 0.